The number of hydrogen-bond acceptors (Lipinski definition) is 4. The maximum Gasteiger partial charge on any atom is 0.180 e. The molecule has 0 unspecified atom stereocenters. The molecular formula is C8H10O4S. The van der Waals surface area contributed by atoms with Crippen LogP contribution in [0, 0.1) is 0 Å². The molecule has 0 amide bonds. The molecular weight excluding hydrogens is 192 g/mol. The Balaban J connectivity index is 3.02. The van der Waals surface area contributed by atoms with Gasteiger partial charge in [-0.3, -0.25) is 0 Å². The van der Waals surface area contributed by atoms with E-state index in [1.54, 1.807) is 0 Å². The smallest absolute Gasteiger partial charge is 0.180 e. The predicted octanol–water partition coefficient (Wildman–Crippen LogP) is 0.158. The van der Waals surface area contributed by atoms with Crippen molar-refractivity contribution >= 4 is 9.84 Å². The number of phenols is 1. The van der Waals surface area contributed by atoms with E-state index in [4.69, 9.17) is 10.2 Å². The van der Waals surface area contributed by atoms with Crippen molar-refractivity contribution in [3.05, 3.63) is 24.3 Å². The molecule has 0 aliphatic heterocycles. The minimum Gasteiger partial charge on any atom is -0.508 e. The van der Waals surface area contributed by atoms with E-state index in [0.29, 0.717) is 0 Å². The highest BCUT2D eigenvalue weighted by molar-refractivity contribution is 7.91. The van der Waals surface area contributed by atoms with E-state index in [9.17, 15) is 8.42 Å². The van der Waals surface area contributed by atoms with Crippen molar-refractivity contribution in [1.82, 2.24) is 0 Å². The maximum absolute atomic E-state index is 11.3. The molecule has 2 N–H and O–H groups in total. The molecule has 0 bridgehead atoms. The van der Waals surface area contributed by atoms with E-state index in [1.807, 2.05) is 0 Å². The van der Waals surface area contributed by atoms with Gasteiger partial charge in [0.05, 0.1) is 17.3 Å². The lowest BCUT2D eigenvalue weighted by atomic mass is 10.3. The van der Waals surface area contributed by atoms with Gasteiger partial charge in [-0.2, -0.15) is 0 Å². The van der Waals surface area contributed by atoms with Crippen LogP contribution in [0.1, 0.15) is 0 Å². The van der Waals surface area contributed by atoms with Crippen LogP contribution in [0.2, 0.25) is 0 Å². The number of phenolic OH excluding ortho intramolecular Hbond substituents is 1. The molecule has 4 nitrogen and oxygen atoms in total. The highest BCUT2D eigenvalue weighted by Gasteiger charge is 2.12. The van der Waals surface area contributed by atoms with E-state index in [1.165, 1.54) is 24.3 Å². The summed E-state index contributed by atoms with van der Waals surface area (Å²) in [5.74, 6) is -0.277. The number of rotatable bonds is 3. The van der Waals surface area contributed by atoms with Crippen LogP contribution in [0.15, 0.2) is 29.2 Å². The molecule has 0 fully saturated rings. The number of aliphatic hydroxyl groups excluding tert-OH is 1. The highest BCUT2D eigenvalue weighted by Crippen LogP contribution is 2.15. The minimum absolute atomic E-state index is 0.0166. The molecule has 1 rings (SSSR count). The van der Waals surface area contributed by atoms with Crippen LogP contribution in [0.4, 0.5) is 0 Å². The predicted molar refractivity (Wildman–Crippen MR) is 47.2 cm³/mol. The lowest BCUT2D eigenvalue weighted by Gasteiger charge is -2.01. The summed E-state index contributed by atoms with van der Waals surface area (Å²) in [6, 6.07) is 5.20. The summed E-state index contributed by atoms with van der Waals surface area (Å²) in [5, 5.41) is 17.4. The first-order valence-corrected chi connectivity index (χ1v) is 5.34. The molecule has 1 aromatic rings. The normalized spacial score (nSPS) is 11.5. The van der Waals surface area contributed by atoms with Crippen molar-refractivity contribution in [1.29, 1.82) is 0 Å². The SMILES string of the molecule is O=S(=O)(CCO)c1ccc(O)cc1. The maximum atomic E-state index is 11.3. The van der Waals surface area contributed by atoms with Gasteiger partial charge in [0.1, 0.15) is 5.75 Å². The van der Waals surface area contributed by atoms with Crippen LogP contribution in [0.5, 0.6) is 5.75 Å². The lowest BCUT2D eigenvalue weighted by Crippen LogP contribution is -2.09. The van der Waals surface area contributed by atoms with Gasteiger partial charge in [0.15, 0.2) is 9.84 Å². The molecule has 0 saturated carbocycles. The van der Waals surface area contributed by atoms with Crippen molar-refractivity contribution in [2.45, 2.75) is 4.90 Å². The zero-order chi connectivity index (χ0) is 9.90. The summed E-state index contributed by atoms with van der Waals surface area (Å²) in [6.45, 7) is -0.400. The van der Waals surface area contributed by atoms with E-state index in [-0.39, 0.29) is 16.4 Å². The van der Waals surface area contributed by atoms with Crippen molar-refractivity contribution in [3.8, 4) is 5.75 Å². The van der Waals surface area contributed by atoms with Crippen molar-refractivity contribution in [2.24, 2.45) is 0 Å². The monoisotopic (exact) mass is 202 g/mol. The fraction of sp³-hybridized carbons (Fsp3) is 0.250. The van der Waals surface area contributed by atoms with E-state index in [2.05, 4.69) is 0 Å². The van der Waals surface area contributed by atoms with Crippen molar-refractivity contribution in [3.63, 3.8) is 0 Å². The van der Waals surface area contributed by atoms with Crippen LogP contribution in [-0.2, 0) is 9.84 Å². The Labute approximate surface area is 76.4 Å². The zero-order valence-corrected chi connectivity index (χ0v) is 7.66. The third-order valence-corrected chi connectivity index (χ3v) is 3.27. The highest BCUT2D eigenvalue weighted by atomic mass is 32.2. The molecule has 0 aromatic heterocycles. The molecule has 0 aliphatic rings. The van der Waals surface area contributed by atoms with Crippen LogP contribution < -0.4 is 0 Å². The fourth-order valence-corrected chi connectivity index (χ4v) is 1.92. The largest absolute Gasteiger partial charge is 0.508 e. The molecule has 5 heteroatoms. The fourth-order valence-electron chi connectivity index (χ4n) is 0.892. The van der Waals surface area contributed by atoms with Gasteiger partial charge in [-0.1, -0.05) is 0 Å². The van der Waals surface area contributed by atoms with Crippen molar-refractivity contribution in [2.75, 3.05) is 12.4 Å². The molecule has 72 valence electrons. The number of sulfone groups is 1. The molecule has 0 spiro atoms. The van der Waals surface area contributed by atoms with Gasteiger partial charge >= 0.3 is 0 Å². The van der Waals surface area contributed by atoms with Gasteiger partial charge in [-0.25, -0.2) is 8.42 Å². The number of aromatic hydroxyl groups is 1. The Hall–Kier alpha value is -1.07. The number of aliphatic hydroxyl groups is 1. The summed E-state index contributed by atoms with van der Waals surface area (Å²) >= 11 is 0. The second kappa shape index (κ2) is 3.76. The summed E-state index contributed by atoms with van der Waals surface area (Å²) < 4.78 is 22.6. The first-order chi connectivity index (χ1) is 6.06. The molecule has 0 saturated heterocycles. The first kappa shape index (κ1) is 10.0. The van der Waals surface area contributed by atoms with Crippen LogP contribution in [0.3, 0.4) is 0 Å². The molecule has 13 heavy (non-hydrogen) atoms. The minimum atomic E-state index is -3.39. The first-order valence-electron chi connectivity index (χ1n) is 3.69. The number of hydrogen-bond donors (Lipinski definition) is 2. The average Bonchev–Trinajstić information content (AvgIpc) is 2.05. The van der Waals surface area contributed by atoms with E-state index < -0.39 is 16.4 Å². The Bertz CT molecular complexity index is 366. The van der Waals surface area contributed by atoms with Gasteiger partial charge in [0, 0.05) is 0 Å². The topological polar surface area (TPSA) is 74.6 Å². The Morgan fingerprint density at radius 1 is 1.15 bits per heavy atom. The van der Waals surface area contributed by atoms with Gasteiger partial charge in [-0.15, -0.1) is 0 Å². The molecule has 0 aliphatic carbocycles. The van der Waals surface area contributed by atoms with Crippen molar-refractivity contribution < 1.29 is 18.6 Å². The van der Waals surface area contributed by atoms with Crippen LogP contribution in [-0.4, -0.2) is 31.0 Å². The second-order valence-electron chi connectivity index (χ2n) is 2.54. The molecule has 1 aromatic carbocycles. The van der Waals surface area contributed by atoms with Gasteiger partial charge in [-0.05, 0) is 24.3 Å². The van der Waals surface area contributed by atoms with Gasteiger partial charge in [0.2, 0.25) is 0 Å². The molecule has 0 radical (unpaired) electrons. The summed E-state index contributed by atoms with van der Waals surface area (Å²) in [5.41, 5.74) is 0. The Morgan fingerprint density at radius 2 is 1.69 bits per heavy atom. The summed E-state index contributed by atoms with van der Waals surface area (Å²) in [4.78, 5) is 0.111. The molecule has 0 atom stereocenters. The third-order valence-electron chi connectivity index (χ3n) is 1.56. The van der Waals surface area contributed by atoms with Crippen LogP contribution in [0.25, 0.3) is 0 Å². The van der Waals surface area contributed by atoms with E-state index >= 15 is 0 Å². The second-order valence-corrected chi connectivity index (χ2v) is 4.65. The summed E-state index contributed by atoms with van der Waals surface area (Å²) in [7, 11) is -3.39. The van der Waals surface area contributed by atoms with Gasteiger partial charge < -0.3 is 10.2 Å². The zero-order valence-electron chi connectivity index (χ0n) is 6.84. The number of benzene rings is 1. The quantitative estimate of drug-likeness (QED) is 0.732. The summed E-state index contributed by atoms with van der Waals surface area (Å²) in [6.07, 6.45) is 0. The lowest BCUT2D eigenvalue weighted by molar-refractivity contribution is 0.319. The third kappa shape index (κ3) is 2.43. The standard InChI is InChI=1S/C8H10O4S/c9-5-6-13(11,12)8-3-1-7(10)2-4-8/h1-4,9-10H,5-6H2. The van der Waals surface area contributed by atoms with E-state index in [0.717, 1.165) is 0 Å². The van der Waals surface area contributed by atoms with Crippen LogP contribution >= 0.6 is 0 Å². The Kier molecular flexibility index (Phi) is 2.90. The Morgan fingerprint density at radius 3 is 2.15 bits per heavy atom. The average molecular weight is 202 g/mol. The molecule has 0 heterocycles. The van der Waals surface area contributed by atoms with Gasteiger partial charge in [0.25, 0.3) is 0 Å².